The summed E-state index contributed by atoms with van der Waals surface area (Å²) in [6, 6.07) is 20.0. The zero-order valence-corrected chi connectivity index (χ0v) is 17.7. The van der Waals surface area contributed by atoms with Crippen molar-refractivity contribution in [2.75, 3.05) is 32.7 Å². The molecule has 5 nitrogen and oxygen atoms in total. The molecule has 1 aliphatic carbocycles. The van der Waals surface area contributed by atoms with Gasteiger partial charge in [-0.15, -0.1) is 0 Å². The fourth-order valence-electron chi connectivity index (χ4n) is 4.23. The molecule has 1 heterocycles. The molecule has 1 aliphatic heterocycles. The fourth-order valence-corrected chi connectivity index (χ4v) is 4.23. The number of carbonyl (C=O) groups is 2. The summed E-state index contributed by atoms with van der Waals surface area (Å²) in [4.78, 5) is 32.0. The smallest absolute Gasteiger partial charge is 0.253 e. The van der Waals surface area contributed by atoms with Gasteiger partial charge in [0, 0.05) is 44.3 Å². The molecule has 0 unspecified atom stereocenters. The van der Waals surface area contributed by atoms with Crippen molar-refractivity contribution in [3.05, 3.63) is 71.8 Å². The van der Waals surface area contributed by atoms with Crippen LogP contribution in [-0.2, 0) is 11.3 Å². The van der Waals surface area contributed by atoms with E-state index in [1.54, 1.807) is 0 Å². The van der Waals surface area contributed by atoms with E-state index in [0.29, 0.717) is 32.1 Å². The third-order valence-electron chi connectivity index (χ3n) is 6.35. The normalized spacial score (nSPS) is 18.1. The van der Waals surface area contributed by atoms with Gasteiger partial charge in [-0.25, -0.2) is 0 Å². The van der Waals surface area contributed by atoms with Gasteiger partial charge in [0.05, 0.1) is 6.54 Å². The highest BCUT2D eigenvalue weighted by Crippen LogP contribution is 2.35. The van der Waals surface area contributed by atoms with E-state index in [9.17, 15) is 9.59 Å². The first-order chi connectivity index (χ1) is 14.6. The van der Waals surface area contributed by atoms with Gasteiger partial charge < -0.3 is 9.80 Å². The number of piperazine rings is 1. The van der Waals surface area contributed by atoms with Gasteiger partial charge in [0.2, 0.25) is 5.91 Å². The summed E-state index contributed by atoms with van der Waals surface area (Å²) in [6.45, 7) is 6.09. The fraction of sp³-hybridized carbons (Fsp3) is 0.440. The predicted molar refractivity (Wildman–Crippen MR) is 118 cm³/mol. The lowest BCUT2D eigenvalue weighted by atomic mass is 10.1. The zero-order valence-electron chi connectivity index (χ0n) is 17.7. The Morgan fingerprint density at radius 1 is 0.933 bits per heavy atom. The minimum atomic E-state index is 0.0784. The molecular formula is C25H31N3O2. The number of hydrogen-bond acceptors (Lipinski definition) is 3. The molecule has 2 aromatic rings. The number of amides is 2. The summed E-state index contributed by atoms with van der Waals surface area (Å²) >= 11 is 0. The predicted octanol–water partition coefficient (Wildman–Crippen LogP) is 3.27. The van der Waals surface area contributed by atoms with E-state index in [4.69, 9.17) is 0 Å². The van der Waals surface area contributed by atoms with Gasteiger partial charge in [-0.1, -0.05) is 48.5 Å². The second-order valence-corrected chi connectivity index (χ2v) is 8.52. The van der Waals surface area contributed by atoms with Crippen LogP contribution >= 0.6 is 0 Å². The van der Waals surface area contributed by atoms with Gasteiger partial charge in [-0.3, -0.25) is 14.5 Å². The van der Waals surface area contributed by atoms with Crippen LogP contribution < -0.4 is 0 Å². The van der Waals surface area contributed by atoms with Crippen LogP contribution in [0.2, 0.25) is 0 Å². The molecule has 2 amide bonds. The average molecular weight is 406 g/mol. The van der Waals surface area contributed by atoms with Crippen LogP contribution in [0.5, 0.6) is 0 Å². The molecule has 1 atom stereocenters. The van der Waals surface area contributed by atoms with E-state index >= 15 is 0 Å². The quantitative estimate of drug-likeness (QED) is 0.710. The van der Waals surface area contributed by atoms with E-state index < -0.39 is 0 Å². The van der Waals surface area contributed by atoms with Crippen LogP contribution in [0.1, 0.15) is 35.7 Å². The molecule has 0 aromatic heterocycles. The maximum Gasteiger partial charge on any atom is 0.253 e. The monoisotopic (exact) mass is 405 g/mol. The van der Waals surface area contributed by atoms with Crippen molar-refractivity contribution in [2.45, 2.75) is 32.4 Å². The van der Waals surface area contributed by atoms with Crippen LogP contribution in [0.3, 0.4) is 0 Å². The van der Waals surface area contributed by atoms with Gasteiger partial charge in [0.1, 0.15) is 0 Å². The number of nitrogens with zero attached hydrogens (tertiary/aromatic N) is 3. The highest BCUT2D eigenvalue weighted by atomic mass is 16.2. The second kappa shape index (κ2) is 9.43. The van der Waals surface area contributed by atoms with Crippen LogP contribution in [0.4, 0.5) is 0 Å². The largest absolute Gasteiger partial charge is 0.336 e. The highest BCUT2D eigenvalue weighted by molar-refractivity contribution is 5.94. The van der Waals surface area contributed by atoms with Crippen LogP contribution in [-0.4, -0.2) is 65.3 Å². The van der Waals surface area contributed by atoms with Gasteiger partial charge in [0.15, 0.2) is 0 Å². The number of rotatable bonds is 7. The van der Waals surface area contributed by atoms with Crippen molar-refractivity contribution in [3.63, 3.8) is 0 Å². The molecular weight excluding hydrogens is 374 g/mol. The molecule has 0 radical (unpaired) electrons. The highest BCUT2D eigenvalue weighted by Gasteiger charge is 2.35. The molecule has 158 valence electrons. The Labute approximate surface area is 179 Å². The van der Waals surface area contributed by atoms with E-state index in [0.717, 1.165) is 18.7 Å². The Morgan fingerprint density at radius 3 is 2.13 bits per heavy atom. The van der Waals surface area contributed by atoms with Crippen molar-refractivity contribution >= 4 is 11.8 Å². The summed E-state index contributed by atoms with van der Waals surface area (Å²) in [5.74, 6) is 0.911. The second-order valence-electron chi connectivity index (χ2n) is 8.52. The summed E-state index contributed by atoms with van der Waals surface area (Å²) in [5.41, 5.74) is 1.91. The molecule has 0 N–H and O–H groups in total. The number of hydrogen-bond donors (Lipinski definition) is 0. The maximum atomic E-state index is 13.2. The maximum absolute atomic E-state index is 13.2. The molecule has 2 fully saturated rings. The third kappa shape index (κ3) is 5.08. The van der Waals surface area contributed by atoms with E-state index in [1.807, 2.05) is 53.4 Å². The Kier molecular flexibility index (Phi) is 6.48. The number of benzene rings is 2. The van der Waals surface area contributed by atoms with Crippen molar-refractivity contribution < 1.29 is 9.59 Å². The van der Waals surface area contributed by atoms with Crippen LogP contribution in [0.15, 0.2) is 60.7 Å². The minimum Gasteiger partial charge on any atom is -0.336 e. The average Bonchev–Trinajstić information content (AvgIpc) is 3.64. The van der Waals surface area contributed by atoms with Gasteiger partial charge >= 0.3 is 0 Å². The Balaban J connectivity index is 1.33. The van der Waals surface area contributed by atoms with Crippen molar-refractivity contribution in [1.82, 2.24) is 14.7 Å². The van der Waals surface area contributed by atoms with E-state index in [-0.39, 0.29) is 17.9 Å². The lowest BCUT2D eigenvalue weighted by Gasteiger charge is -2.36. The standard InChI is InChI=1S/C25H31N3O2/c1-20(22-12-13-22)28(18-21-8-4-2-5-9-21)24(29)19-26-14-16-27(17-15-26)25(30)23-10-6-3-7-11-23/h2-11,20,22H,12-19H2,1H3/t20-/m1/s1. The molecule has 0 bridgehead atoms. The summed E-state index contributed by atoms with van der Waals surface area (Å²) in [6.07, 6.45) is 2.44. The molecule has 0 spiro atoms. The summed E-state index contributed by atoms with van der Waals surface area (Å²) in [7, 11) is 0. The lowest BCUT2D eigenvalue weighted by Crippen LogP contribution is -2.52. The molecule has 1 saturated heterocycles. The molecule has 1 saturated carbocycles. The Hall–Kier alpha value is -2.66. The third-order valence-corrected chi connectivity index (χ3v) is 6.35. The van der Waals surface area contributed by atoms with Crippen molar-refractivity contribution in [2.24, 2.45) is 5.92 Å². The van der Waals surface area contributed by atoms with Crippen molar-refractivity contribution in [1.29, 1.82) is 0 Å². The first-order valence-corrected chi connectivity index (χ1v) is 11.0. The summed E-state index contributed by atoms with van der Waals surface area (Å²) in [5, 5.41) is 0. The van der Waals surface area contributed by atoms with Crippen molar-refractivity contribution in [3.8, 4) is 0 Å². The molecule has 2 aromatic carbocycles. The molecule has 30 heavy (non-hydrogen) atoms. The van der Waals surface area contributed by atoms with E-state index in [2.05, 4.69) is 28.9 Å². The topological polar surface area (TPSA) is 43.9 Å². The van der Waals surface area contributed by atoms with E-state index in [1.165, 1.54) is 18.4 Å². The Morgan fingerprint density at radius 2 is 1.53 bits per heavy atom. The first-order valence-electron chi connectivity index (χ1n) is 11.0. The van der Waals surface area contributed by atoms with Crippen LogP contribution in [0.25, 0.3) is 0 Å². The lowest BCUT2D eigenvalue weighted by molar-refractivity contribution is -0.136. The molecule has 4 rings (SSSR count). The Bertz CT molecular complexity index is 843. The van der Waals surface area contributed by atoms with Gasteiger partial charge in [0.25, 0.3) is 5.91 Å². The molecule has 2 aliphatic rings. The SMILES string of the molecule is C[C@H](C1CC1)N(Cc1ccccc1)C(=O)CN1CCN(C(=O)c2ccccc2)CC1. The van der Waals surface area contributed by atoms with Gasteiger partial charge in [-0.2, -0.15) is 0 Å². The van der Waals surface area contributed by atoms with Crippen LogP contribution in [0, 0.1) is 5.92 Å². The minimum absolute atomic E-state index is 0.0784. The first kappa shape index (κ1) is 20.6. The zero-order chi connectivity index (χ0) is 20.9. The number of carbonyl (C=O) groups excluding carboxylic acids is 2. The van der Waals surface area contributed by atoms with Gasteiger partial charge in [-0.05, 0) is 43.4 Å². The molecule has 5 heteroatoms. The summed E-state index contributed by atoms with van der Waals surface area (Å²) < 4.78 is 0.